The average Bonchev–Trinajstić information content (AvgIpc) is 2.40. The number of hydrogen-bond acceptors (Lipinski definition) is 2. The fraction of sp³-hybridized carbons (Fsp3) is 0. The molecule has 2 rings (SSSR count). The standard InChI is InChI=1S/C14H12O2S3/c15-13(17)16-14(18)19(11-7-3-1-4-8-11)12-9-5-2-6-10-12/h1-10,18H,(H,15,17). The lowest BCUT2D eigenvalue weighted by molar-refractivity contribution is 0.227. The minimum Gasteiger partial charge on any atom is -0.405 e. The van der Waals surface area contributed by atoms with Crippen LogP contribution in [0, 0.1) is 0 Å². The summed E-state index contributed by atoms with van der Waals surface area (Å²) in [4.78, 5) is 13.1. The van der Waals surface area contributed by atoms with Crippen LogP contribution in [0.2, 0.25) is 0 Å². The van der Waals surface area contributed by atoms with Crippen molar-refractivity contribution in [3.05, 3.63) is 60.7 Å². The van der Waals surface area contributed by atoms with Gasteiger partial charge in [0.25, 0.3) is 0 Å². The molecule has 0 heterocycles. The summed E-state index contributed by atoms with van der Waals surface area (Å²) in [5, 5.41) is -0.658. The number of rotatable bonds is 2. The topological polar surface area (TPSA) is 26.3 Å². The first-order chi connectivity index (χ1) is 9.18. The zero-order chi connectivity index (χ0) is 13.7. The van der Waals surface area contributed by atoms with Crippen LogP contribution in [-0.2, 0) is 4.74 Å². The van der Waals surface area contributed by atoms with E-state index >= 15 is 0 Å². The molecule has 0 saturated carbocycles. The molecule has 0 bridgehead atoms. The molecule has 0 N–H and O–H groups in total. The quantitative estimate of drug-likeness (QED) is 0.487. The number of carbonyl (C=O) groups is 1. The zero-order valence-electron chi connectivity index (χ0n) is 9.89. The van der Waals surface area contributed by atoms with Crippen LogP contribution in [0.1, 0.15) is 0 Å². The molecule has 0 atom stereocenters. The van der Waals surface area contributed by atoms with Gasteiger partial charge in [0.1, 0.15) is 0 Å². The van der Waals surface area contributed by atoms with E-state index < -0.39 is 15.8 Å². The number of thiol groups is 2. The van der Waals surface area contributed by atoms with Crippen LogP contribution in [0.4, 0.5) is 4.79 Å². The van der Waals surface area contributed by atoms with Crippen LogP contribution >= 0.6 is 35.7 Å². The predicted molar refractivity (Wildman–Crippen MR) is 86.5 cm³/mol. The largest absolute Gasteiger partial charge is 0.405 e. The molecule has 2 nitrogen and oxygen atoms in total. The van der Waals surface area contributed by atoms with Crippen molar-refractivity contribution in [1.29, 1.82) is 0 Å². The van der Waals surface area contributed by atoms with E-state index in [-0.39, 0.29) is 0 Å². The number of hydrogen-bond donors (Lipinski definition) is 2. The van der Waals surface area contributed by atoms with E-state index in [2.05, 4.69) is 25.3 Å². The van der Waals surface area contributed by atoms with Crippen LogP contribution in [0.15, 0.2) is 70.5 Å². The van der Waals surface area contributed by atoms with Crippen molar-refractivity contribution in [2.75, 3.05) is 0 Å². The molecule has 0 saturated heterocycles. The third kappa shape index (κ3) is 3.89. The second kappa shape index (κ2) is 6.84. The lowest BCUT2D eigenvalue weighted by Crippen LogP contribution is -2.00. The fourth-order valence-electron chi connectivity index (χ4n) is 1.57. The van der Waals surface area contributed by atoms with E-state index in [0.717, 1.165) is 9.79 Å². The molecule has 0 aromatic heterocycles. The molecular formula is C14H12O2S3. The molecule has 2 aromatic carbocycles. The minimum atomic E-state index is -0.658. The van der Waals surface area contributed by atoms with Crippen molar-refractivity contribution in [3.8, 4) is 0 Å². The molecule has 0 aliphatic rings. The Balaban J connectivity index is 2.55. The van der Waals surface area contributed by atoms with E-state index in [4.69, 9.17) is 4.74 Å². The van der Waals surface area contributed by atoms with Crippen molar-refractivity contribution < 1.29 is 9.53 Å². The lowest BCUT2D eigenvalue weighted by atomic mass is 10.4. The average molecular weight is 308 g/mol. The van der Waals surface area contributed by atoms with Gasteiger partial charge in [-0.05, 0) is 24.3 Å². The predicted octanol–water partition coefficient (Wildman–Crippen LogP) is 4.46. The van der Waals surface area contributed by atoms with Gasteiger partial charge < -0.3 is 4.74 Å². The third-order valence-corrected chi connectivity index (χ3v) is 4.96. The Hall–Kier alpha value is -1.17. The van der Waals surface area contributed by atoms with E-state index in [1.807, 2.05) is 60.7 Å². The molecule has 0 amide bonds. The Kier molecular flexibility index (Phi) is 5.13. The summed E-state index contributed by atoms with van der Waals surface area (Å²) in [6, 6.07) is 19.6. The summed E-state index contributed by atoms with van der Waals surface area (Å²) in [5.41, 5.74) is 0. The van der Waals surface area contributed by atoms with Crippen molar-refractivity contribution in [2.45, 2.75) is 9.79 Å². The van der Waals surface area contributed by atoms with Gasteiger partial charge in [0.05, 0.1) is 0 Å². The summed E-state index contributed by atoms with van der Waals surface area (Å²) in [6.07, 6.45) is 0. The van der Waals surface area contributed by atoms with Crippen molar-refractivity contribution in [2.24, 2.45) is 0 Å². The molecule has 0 radical (unpaired) electrons. The highest BCUT2D eigenvalue weighted by Crippen LogP contribution is 2.38. The number of ether oxygens (including phenoxy) is 1. The molecular weight excluding hydrogens is 296 g/mol. The first-order valence-electron chi connectivity index (χ1n) is 5.49. The molecule has 98 valence electrons. The Bertz CT molecular complexity index is 553. The number of benzene rings is 2. The summed E-state index contributed by atoms with van der Waals surface area (Å²) in [6.45, 7) is 0. The van der Waals surface area contributed by atoms with Crippen LogP contribution < -0.4 is 0 Å². The Morgan fingerprint density at radius 1 is 0.842 bits per heavy atom. The van der Waals surface area contributed by atoms with E-state index in [1.54, 1.807) is 0 Å². The molecule has 19 heavy (non-hydrogen) atoms. The van der Waals surface area contributed by atoms with Gasteiger partial charge in [-0.1, -0.05) is 72.1 Å². The van der Waals surface area contributed by atoms with Crippen molar-refractivity contribution in [1.82, 2.24) is 0 Å². The lowest BCUT2D eigenvalue weighted by Gasteiger charge is -2.12. The van der Waals surface area contributed by atoms with Crippen LogP contribution in [0.25, 0.3) is 0 Å². The highest BCUT2D eigenvalue weighted by molar-refractivity contribution is 8.27. The zero-order valence-corrected chi connectivity index (χ0v) is 12.5. The first kappa shape index (κ1) is 14.2. The van der Waals surface area contributed by atoms with Gasteiger partial charge in [-0.15, -0.1) is 0 Å². The summed E-state index contributed by atoms with van der Waals surface area (Å²) < 4.78 is 5.38. The Labute approximate surface area is 125 Å². The minimum absolute atomic E-state index is 0.345. The molecule has 0 spiro atoms. The second-order valence-electron chi connectivity index (χ2n) is 3.57. The van der Waals surface area contributed by atoms with E-state index in [1.165, 1.54) is 0 Å². The fourth-order valence-corrected chi connectivity index (χ4v) is 4.20. The van der Waals surface area contributed by atoms with Gasteiger partial charge in [0, 0.05) is 9.79 Å². The van der Waals surface area contributed by atoms with Crippen LogP contribution in [0.3, 0.4) is 0 Å². The maximum atomic E-state index is 11.0. The Morgan fingerprint density at radius 3 is 1.63 bits per heavy atom. The van der Waals surface area contributed by atoms with Gasteiger partial charge in [-0.3, -0.25) is 0 Å². The van der Waals surface area contributed by atoms with Gasteiger partial charge >= 0.3 is 5.30 Å². The summed E-state index contributed by atoms with van der Waals surface area (Å²) in [5.74, 6) is 0. The highest BCUT2D eigenvalue weighted by atomic mass is 32.2. The summed E-state index contributed by atoms with van der Waals surface area (Å²) in [7, 11) is -0.528. The monoisotopic (exact) mass is 308 g/mol. The maximum absolute atomic E-state index is 11.0. The van der Waals surface area contributed by atoms with Crippen LogP contribution in [0.5, 0.6) is 0 Å². The molecule has 0 unspecified atom stereocenters. The van der Waals surface area contributed by atoms with Crippen molar-refractivity contribution in [3.63, 3.8) is 0 Å². The molecule has 0 fully saturated rings. The molecule has 0 aliphatic heterocycles. The third-order valence-electron chi connectivity index (χ3n) is 2.31. The van der Waals surface area contributed by atoms with Gasteiger partial charge in [-0.2, -0.15) is 0 Å². The SMILES string of the molecule is O=C(S)OC(S)=S(c1ccccc1)c1ccccc1. The normalized spacial score (nSPS) is 10.3. The second-order valence-corrected chi connectivity index (χ2v) is 6.57. The van der Waals surface area contributed by atoms with E-state index in [0.29, 0.717) is 4.38 Å². The van der Waals surface area contributed by atoms with E-state index in [9.17, 15) is 4.79 Å². The van der Waals surface area contributed by atoms with Crippen LogP contribution in [-0.4, -0.2) is 9.68 Å². The first-order valence-corrected chi connectivity index (χ1v) is 7.61. The summed E-state index contributed by atoms with van der Waals surface area (Å²) >= 11 is 7.95. The van der Waals surface area contributed by atoms with Gasteiger partial charge in [-0.25, -0.2) is 4.79 Å². The molecule has 5 heteroatoms. The van der Waals surface area contributed by atoms with Gasteiger partial charge in [0.2, 0.25) is 0 Å². The maximum Gasteiger partial charge on any atom is 0.370 e. The molecule has 0 aliphatic carbocycles. The smallest absolute Gasteiger partial charge is 0.370 e. The Morgan fingerprint density at radius 2 is 1.26 bits per heavy atom. The van der Waals surface area contributed by atoms with Crippen molar-refractivity contribution >= 4 is 45.4 Å². The highest BCUT2D eigenvalue weighted by Gasteiger charge is 2.10. The number of carbonyl (C=O) groups excluding carboxylic acids is 1. The molecule has 2 aromatic rings. The van der Waals surface area contributed by atoms with Gasteiger partial charge in [0.15, 0.2) is 4.38 Å².